The molecule has 3 unspecified atom stereocenters. The summed E-state index contributed by atoms with van der Waals surface area (Å²) in [7, 11) is 0. The maximum absolute atomic E-state index is 12.2. The summed E-state index contributed by atoms with van der Waals surface area (Å²) >= 11 is 0. The molecule has 0 amide bonds. The van der Waals surface area contributed by atoms with Crippen LogP contribution in [-0.2, 0) is 9.47 Å². The molecule has 5 aliphatic carbocycles. The third-order valence-electron chi connectivity index (χ3n) is 11.6. The molecule has 3 N–H and O–H groups in total. The Morgan fingerprint density at radius 3 is 2.39 bits per heavy atom. The van der Waals surface area contributed by atoms with Gasteiger partial charge in [0.2, 0.25) is 0 Å². The molecule has 206 valence electrons. The molecule has 1 spiro atoms. The Morgan fingerprint density at radius 2 is 1.71 bits per heavy atom. The molecule has 5 nitrogen and oxygen atoms in total. The Bertz CT molecular complexity index is 1140. The summed E-state index contributed by atoms with van der Waals surface area (Å²) in [5.74, 6) is 0.679. The van der Waals surface area contributed by atoms with Gasteiger partial charge in [-0.3, -0.25) is 0 Å². The maximum Gasteiger partial charge on any atom is 0.171 e. The van der Waals surface area contributed by atoms with E-state index in [2.05, 4.69) is 37.3 Å². The van der Waals surface area contributed by atoms with Gasteiger partial charge in [-0.2, -0.15) is 0 Å². The fraction of sp³-hybridized carbons (Fsp3) is 0.697. The minimum Gasteiger partial charge on any atom is -0.388 e. The van der Waals surface area contributed by atoms with Crippen LogP contribution in [0.4, 0.5) is 0 Å². The number of hydrogen-bond acceptors (Lipinski definition) is 5. The number of benzene rings is 1. The van der Waals surface area contributed by atoms with Crippen molar-refractivity contribution in [2.24, 2.45) is 23.2 Å². The maximum atomic E-state index is 12.2. The lowest BCUT2D eigenvalue weighted by molar-refractivity contribution is -0.208. The van der Waals surface area contributed by atoms with Crippen LogP contribution in [-0.4, -0.2) is 45.5 Å². The van der Waals surface area contributed by atoms with Crippen molar-refractivity contribution in [1.29, 1.82) is 0 Å². The van der Waals surface area contributed by atoms with Crippen molar-refractivity contribution < 1.29 is 24.8 Å². The molecule has 1 aliphatic heterocycles. The standard InChI is InChI=1S/C33H44O5/c1-3-13-32(36)15-11-26-24-10-14-31(35)20-33(37-17-18-38-33)16-12-27(31)28(24)25(19-30(26,32)2)21-4-6-22(7-5-21)29(34)23-8-9-23/h3-7,13,23-26,29,34-36H,8-12,14-20H2,1-2H3/t24?,25-,26?,29?,30+,31-,32+/m1/s1. The van der Waals surface area contributed by atoms with Crippen LogP contribution >= 0.6 is 0 Å². The third kappa shape index (κ3) is 3.69. The second-order valence-corrected chi connectivity index (χ2v) is 13.6. The van der Waals surface area contributed by atoms with Crippen molar-refractivity contribution in [2.75, 3.05) is 13.2 Å². The average Bonchev–Trinajstić information content (AvgIpc) is 3.61. The van der Waals surface area contributed by atoms with Crippen molar-refractivity contribution in [3.05, 3.63) is 58.7 Å². The predicted octanol–water partition coefficient (Wildman–Crippen LogP) is 5.71. The number of fused-ring (bicyclic) bond motifs is 4. The Morgan fingerprint density at radius 1 is 0.974 bits per heavy atom. The first kappa shape index (κ1) is 25.5. The fourth-order valence-electron chi connectivity index (χ4n) is 9.51. The van der Waals surface area contributed by atoms with Crippen molar-refractivity contribution in [3.63, 3.8) is 0 Å². The topological polar surface area (TPSA) is 79.2 Å². The smallest absolute Gasteiger partial charge is 0.171 e. The Hall–Kier alpha value is -1.50. The first-order valence-corrected chi connectivity index (χ1v) is 15.1. The molecule has 0 bridgehead atoms. The van der Waals surface area contributed by atoms with E-state index in [0.29, 0.717) is 37.4 Å². The van der Waals surface area contributed by atoms with E-state index in [1.165, 1.54) is 16.7 Å². The van der Waals surface area contributed by atoms with E-state index in [9.17, 15) is 15.3 Å². The fourth-order valence-corrected chi connectivity index (χ4v) is 9.51. The molecule has 1 aromatic carbocycles. The molecular weight excluding hydrogens is 476 g/mol. The van der Waals surface area contributed by atoms with Crippen molar-refractivity contribution in [2.45, 2.75) is 107 Å². The van der Waals surface area contributed by atoms with Crippen LogP contribution in [0, 0.1) is 23.2 Å². The lowest BCUT2D eigenvalue weighted by Gasteiger charge is -2.57. The van der Waals surface area contributed by atoms with E-state index in [1.807, 2.05) is 13.0 Å². The zero-order chi connectivity index (χ0) is 26.3. The van der Waals surface area contributed by atoms with E-state index >= 15 is 0 Å². The second-order valence-electron chi connectivity index (χ2n) is 13.6. The molecule has 7 rings (SSSR count). The number of aliphatic hydroxyl groups excluding tert-OH is 1. The highest BCUT2D eigenvalue weighted by Crippen LogP contribution is 2.68. The summed E-state index contributed by atoms with van der Waals surface area (Å²) < 4.78 is 12.1. The van der Waals surface area contributed by atoms with Gasteiger partial charge in [0.15, 0.2) is 5.79 Å². The van der Waals surface area contributed by atoms with Gasteiger partial charge in [-0.1, -0.05) is 48.9 Å². The van der Waals surface area contributed by atoms with E-state index in [0.717, 1.165) is 63.4 Å². The monoisotopic (exact) mass is 520 g/mol. The molecule has 1 saturated heterocycles. The minimum atomic E-state index is -0.888. The summed E-state index contributed by atoms with van der Waals surface area (Å²) in [4.78, 5) is 0. The van der Waals surface area contributed by atoms with Gasteiger partial charge in [-0.05, 0) is 92.7 Å². The molecule has 7 atom stereocenters. The van der Waals surface area contributed by atoms with Gasteiger partial charge in [-0.25, -0.2) is 0 Å². The van der Waals surface area contributed by atoms with E-state index in [4.69, 9.17) is 9.47 Å². The summed E-state index contributed by atoms with van der Waals surface area (Å²) in [6.07, 6.45) is 12.4. The van der Waals surface area contributed by atoms with Crippen LogP contribution in [0.1, 0.15) is 101 Å². The van der Waals surface area contributed by atoms with Gasteiger partial charge in [0.25, 0.3) is 0 Å². The summed E-state index contributed by atoms with van der Waals surface area (Å²) in [6.45, 7) is 5.55. The number of ether oxygens (including phenoxy) is 2. The summed E-state index contributed by atoms with van der Waals surface area (Å²) in [5.41, 5.74) is 3.00. The first-order valence-electron chi connectivity index (χ1n) is 15.1. The van der Waals surface area contributed by atoms with Crippen LogP contribution in [0.15, 0.2) is 47.6 Å². The average molecular weight is 521 g/mol. The van der Waals surface area contributed by atoms with Gasteiger partial charge < -0.3 is 24.8 Å². The number of rotatable bonds is 4. The van der Waals surface area contributed by atoms with Crippen LogP contribution in [0.25, 0.3) is 0 Å². The number of hydrogen-bond donors (Lipinski definition) is 3. The van der Waals surface area contributed by atoms with Gasteiger partial charge in [-0.15, -0.1) is 0 Å². The normalized spacial score (nSPS) is 42.8. The van der Waals surface area contributed by atoms with Crippen molar-refractivity contribution in [1.82, 2.24) is 0 Å². The highest BCUT2D eigenvalue weighted by molar-refractivity contribution is 5.45. The molecular formula is C33H44O5. The molecule has 0 aromatic heterocycles. The molecule has 0 radical (unpaired) electrons. The first-order chi connectivity index (χ1) is 18.2. The van der Waals surface area contributed by atoms with Gasteiger partial charge in [0.1, 0.15) is 0 Å². The lowest BCUT2D eigenvalue weighted by atomic mass is 9.49. The van der Waals surface area contributed by atoms with Crippen molar-refractivity contribution in [3.8, 4) is 0 Å². The zero-order valence-electron chi connectivity index (χ0n) is 23.0. The Balaban J connectivity index is 1.32. The third-order valence-corrected chi connectivity index (χ3v) is 11.6. The Kier molecular flexibility index (Phi) is 5.86. The second kappa shape index (κ2) is 8.75. The van der Waals surface area contributed by atoms with Crippen LogP contribution in [0.2, 0.25) is 0 Å². The summed E-state index contributed by atoms with van der Waals surface area (Å²) in [6, 6.07) is 8.66. The molecule has 6 aliphatic rings. The number of aliphatic hydroxyl groups is 3. The van der Waals surface area contributed by atoms with E-state index in [-0.39, 0.29) is 17.4 Å². The quantitative estimate of drug-likeness (QED) is 0.444. The molecule has 1 aromatic rings. The molecule has 5 fully saturated rings. The highest BCUT2D eigenvalue weighted by Gasteiger charge is 2.64. The van der Waals surface area contributed by atoms with Crippen LogP contribution < -0.4 is 0 Å². The van der Waals surface area contributed by atoms with E-state index in [1.54, 1.807) is 0 Å². The largest absolute Gasteiger partial charge is 0.388 e. The van der Waals surface area contributed by atoms with Gasteiger partial charge in [0, 0.05) is 24.2 Å². The summed E-state index contributed by atoms with van der Waals surface area (Å²) in [5, 5.41) is 34.9. The van der Waals surface area contributed by atoms with Gasteiger partial charge in [0.05, 0.1) is 30.5 Å². The minimum absolute atomic E-state index is 0.143. The molecule has 38 heavy (non-hydrogen) atoms. The number of allylic oxidation sites excluding steroid dienone is 2. The van der Waals surface area contributed by atoms with Crippen molar-refractivity contribution >= 4 is 0 Å². The Labute approximate surface area is 226 Å². The van der Waals surface area contributed by atoms with Crippen LogP contribution in [0.5, 0.6) is 0 Å². The lowest BCUT2D eigenvalue weighted by Crippen LogP contribution is -2.55. The van der Waals surface area contributed by atoms with E-state index < -0.39 is 17.0 Å². The predicted molar refractivity (Wildman–Crippen MR) is 145 cm³/mol. The molecule has 4 saturated carbocycles. The van der Waals surface area contributed by atoms with Gasteiger partial charge >= 0.3 is 0 Å². The SMILES string of the molecule is CC=C[C@]1(O)CCC2C3CC[C@@]4(O)CC5(CCC4=C3[C@@H](c3ccc(C(O)C4CC4)cc3)C[C@@]21C)OCCO5. The zero-order valence-corrected chi connectivity index (χ0v) is 23.0. The highest BCUT2D eigenvalue weighted by atomic mass is 16.7. The molecule has 1 heterocycles. The molecule has 5 heteroatoms. The van der Waals surface area contributed by atoms with Crippen LogP contribution in [0.3, 0.4) is 0 Å².